The van der Waals surface area contributed by atoms with Gasteiger partial charge in [0.2, 0.25) is 0 Å². The first-order chi connectivity index (χ1) is 9.86. The topological polar surface area (TPSA) is 72.2 Å². The average molecular weight is 434 g/mol. The second-order valence-corrected chi connectivity index (χ2v) is 6.30. The molecule has 1 amide bonds. The first-order valence-corrected chi connectivity index (χ1v) is 7.54. The maximum Gasteiger partial charge on any atom is 0.293 e. The van der Waals surface area contributed by atoms with Gasteiger partial charge >= 0.3 is 0 Å². The molecule has 0 fully saturated rings. The Bertz CT molecular complexity index is 717. The molecule has 0 unspecified atom stereocenters. The molecule has 0 radical (unpaired) electrons. The molecule has 0 saturated carbocycles. The van der Waals surface area contributed by atoms with Gasteiger partial charge in [0.15, 0.2) is 0 Å². The van der Waals surface area contributed by atoms with E-state index in [1.54, 1.807) is 18.2 Å². The molecule has 0 aliphatic heterocycles. The number of carbonyl (C=O) groups excluding carboxylic acids is 1. The van der Waals surface area contributed by atoms with E-state index < -0.39 is 10.8 Å². The van der Waals surface area contributed by atoms with E-state index in [2.05, 4.69) is 37.2 Å². The lowest BCUT2D eigenvalue weighted by molar-refractivity contribution is -0.384. The Morgan fingerprint density at radius 1 is 1.14 bits per heavy atom. The summed E-state index contributed by atoms with van der Waals surface area (Å²) in [6.07, 6.45) is 0. The first kappa shape index (κ1) is 15.9. The van der Waals surface area contributed by atoms with Crippen LogP contribution in [-0.2, 0) is 0 Å². The molecule has 0 saturated heterocycles. The zero-order valence-electron chi connectivity index (χ0n) is 10.3. The van der Waals surface area contributed by atoms with Crippen molar-refractivity contribution in [1.29, 1.82) is 0 Å². The SMILES string of the molecule is O=C(Nc1ccc(Br)cc1[N+](=O)[O-])c1cc(Cl)cc(Br)c1. The summed E-state index contributed by atoms with van der Waals surface area (Å²) in [5, 5.41) is 13.9. The highest BCUT2D eigenvalue weighted by Crippen LogP contribution is 2.29. The van der Waals surface area contributed by atoms with Crippen molar-refractivity contribution in [2.45, 2.75) is 0 Å². The second kappa shape index (κ2) is 6.55. The van der Waals surface area contributed by atoms with Crippen LogP contribution >= 0.6 is 43.5 Å². The highest BCUT2D eigenvalue weighted by atomic mass is 79.9. The van der Waals surface area contributed by atoms with Gasteiger partial charge in [-0.15, -0.1) is 0 Å². The molecule has 0 atom stereocenters. The number of carbonyl (C=O) groups is 1. The number of rotatable bonds is 3. The van der Waals surface area contributed by atoms with Gasteiger partial charge in [-0.2, -0.15) is 0 Å². The average Bonchev–Trinajstić information content (AvgIpc) is 2.39. The van der Waals surface area contributed by atoms with Crippen LogP contribution in [0.2, 0.25) is 5.02 Å². The Morgan fingerprint density at radius 3 is 2.48 bits per heavy atom. The minimum Gasteiger partial charge on any atom is -0.316 e. The molecule has 108 valence electrons. The molecular weight excluding hydrogens is 427 g/mol. The molecule has 8 heteroatoms. The van der Waals surface area contributed by atoms with Crippen LogP contribution in [0.4, 0.5) is 11.4 Å². The standard InChI is InChI=1S/C13H7Br2ClN2O3/c14-8-1-2-11(12(6-8)18(20)21)17-13(19)7-3-9(15)5-10(16)4-7/h1-6H,(H,17,19). The van der Waals surface area contributed by atoms with Crippen molar-refractivity contribution in [2.75, 3.05) is 5.32 Å². The largest absolute Gasteiger partial charge is 0.316 e. The van der Waals surface area contributed by atoms with Crippen LogP contribution in [0.5, 0.6) is 0 Å². The van der Waals surface area contributed by atoms with E-state index in [1.807, 2.05) is 0 Å². The number of nitrogens with one attached hydrogen (secondary N) is 1. The Hall–Kier alpha value is -1.44. The fourth-order valence-corrected chi connectivity index (χ4v) is 2.85. The predicted octanol–water partition coefficient (Wildman–Crippen LogP) is 5.03. The Labute approximate surface area is 141 Å². The molecule has 0 spiro atoms. The summed E-state index contributed by atoms with van der Waals surface area (Å²) in [6, 6.07) is 9.08. The fourth-order valence-electron chi connectivity index (χ4n) is 1.64. The quantitative estimate of drug-likeness (QED) is 0.544. The number of hydrogen-bond acceptors (Lipinski definition) is 3. The highest BCUT2D eigenvalue weighted by molar-refractivity contribution is 9.10. The molecule has 21 heavy (non-hydrogen) atoms. The number of nitro groups is 1. The van der Waals surface area contributed by atoms with Gasteiger partial charge in [0, 0.05) is 25.6 Å². The number of nitrogens with zero attached hydrogens (tertiary/aromatic N) is 1. The summed E-state index contributed by atoms with van der Waals surface area (Å²) in [4.78, 5) is 22.6. The van der Waals surface area contributed by atoms with Crippen molar-refractivity contribution in [2.24, 2.45) is 0 Å². The van der Waals surface area contributed by atoms with Crippen LogP contribution < -0.4 is 5.32 Å². The number of hydrogen-bond donors (Lipinski definition) is 1. The molecule has 1 N–H and O–H groups in total. The number of halogens is 3. The maximum absolute atomic E-state index is 12.2. The van der Waals surface area contributed by atoms with Crippen LogP contribution in [0.25, 0.3) is 0 Å². The molecule has 2 aromatic rings. The highest BCUT2D eigenvalue weighted by Gasteiger charge is 2.17. The Morgan fingerprint density at radius 2 is 1.86 bits per heavy atom. The summed E-state index contributed by atoms with van der Waals surface area (Å²) in [5.74, 6) is -0.483. The number of nitro benzene ring substituents is 1. The molecule has 0 aromatic heterocycles. The third-order valence-corrected chi connectivity index (χ3v) is 3.70. The minimum atomic E-state index is -0.561. The minimum absolute atomic E-state index is 0.115. The van der Waals surface area contributed by atoms with Gasteiger partial charge in [0.1, 0.15) is 5.69 Å². The van der Waals surface area contributed by atoms with Gasteiger partial charge in [0.25, 0.3) is 11.6 Å². The van der Waals surface area contributed by atoms with Crippen molar-refractivity contribution in [3.05, 3.63) is 66.0 Å². The van der Waals surface area contributed by atoms with E-state index >= 15 is 0 Å². The smallest absolute Gasteiger partial charge is 0.293 e. The first-order valence-electron chi connectivity index (χ1n) is 5.58. The summed E-state index contributed by atoms with van der Waals surface area (Å²) in [6.45, 7) is 0. The monoisotopic (exact) mass is 432 g/mol. The van der Waals surface area contributed by atoms with Crippen LogP contribution in [0.3, 0.4) is 0 Å². The number of anilines is 1. The molecular formula is C13H7Br2ClN2O3. The Balaban J connectivity index is 2.33. The third kappa shape index (κ3) is 4.03. The van der Waals surface area contributed by atoms with E-state index in [1.165, 1.54) is 18.2 Å². The molecule has 5 nitrogen and oxygen atoms in total. The molecule has 2 rings (SSSR count). The van der Waals surface area contributed by atoms with E-state index in [0.717, 1.165) is 0 Å². The van der Waals surface area contributed by atoms with Gasteiger partial charge in [-0.25, -0.2) is 0 Å². The molecule has 0 heterocycles. The fraction of sp³-hybridized carbons (Fsp3) is 0. The molecule has 0 aliphatic carbocycles. The third-order valence-electron chi connectivity index (χ3n) is 2.53. The van der Waals surface area contributed by atoms with Crippen LogP contribution in [0, 0.1) is 10.1 Å². The number of benzene rings is 2. The van der Waals surface area contributed by atoms with E-state index in [0.29, 0.717) is 19.5 Å². The summed E-state index contributed by atoms with van der Waals surface area (Å²) < 4.78 is 1.20. The van der Waals surface area contributed by atoms with Crippen molar-refractivity contribution in [1.82, 2.24) is 0 Å². The van der Waals surface area contributed by atoms with Gasteiger partial charge < -0.3 is 5.32 Å². The summed E-state index contributed by atoms with van der Waals surface area (Å²) in [7, 11) is 0. The normalized spacial score (nSPS) is 10.2. The van der Waals surface area contributed by atoms with Crippen molar-refractivity contribution >= 4 is 60.7 Å². The van der Waals surface area contributed by atoms with Crippen molar-refractivity contribution in [3.63, 3.8) is 0 Å². The molecule has 0 aliphatic rings. The van der Waals surface area contributed by atoms with E-state index in [9.17, 15) is 14.9 Å². The van der Waals surface area contributed by atoms with Crippen molar-refractivity contribution < 1.29 is 9.72 Å². The maximum atomic E-state index is 12.2. The van der Waals surface area contributed by atoms with E-state index in [4.69, 9.17) is 11.6 Å². The van der Waals surface area contributed by atoms with Gasteiger partial charge in [0.05, 0.1) is 4.92 Å². The second-order valence-electron chi connectivity index (χ2n) is 4.03. The van der Waals surface area contributed by atoms with Gasteiger partial charge in [-0.3, -0.25) is 14.9 Å². The lowest BCUT2D eigenvalue weighted by atomic mass is 10.2. The Kier molecular flexibility index (Phi) is 4.97. The number of amides is 1. The van der Waals surface area contributed by atoms with Gasteiger partial charge in [-0.1, -0.05) is 43.5 Å². The zero-order chi connectivity index (χ0) is 15.6. The lowest BCUT2D eigenvalue weighted by Gasteiger charge is -2.07. The van der Waals surface area contributed by atoms with E-state index in [-0.39, 0.29) is 11.4 Å². The zero-order valence-corrected chi connectivity index (χ0v) is 14.2. The van der Waals surface area contributed by atoms with Crippen LogP contribution in [-0.4, -0.2) is 10.8 Å². The van der Waals surface area contributed by atoms with Crippen molar-refractivity contribution in [3.8, 4) is 0 Å². The molecule has 0 bridgehead atoms. The van der Waals surface area contributed by atoms with Gasteiger partial charge in [-0.05, 0) is 30.3 Å². The summed E-state index contributed by atoms with van der Waals surface area (Å²) in [5.41, 5.74) is 0.217. The van der Waals surface area contributed by atoms with Crippen LogP contribution in [0.15, 0.2) is 45.3 Å². The lowest BCUT2D eigenvalue weighted by Crippen LogP contribution is -2.13. The summed E-state index contributed by atoms with van der Waals surface area (Å²) >= 11 is 12.3. The molecule has 2 aromatic carbocycles. The predicted molar refractivity (Wildman–Crippen MR) is 87.9 cm³/mol. The van der Waals surface area contributed by atoms with Crippen LogP contribution in [0.1, 0.15) is 10.4 Å².